The zero-order valence-corrected chi connectivity index (χ0v) is 20.6. The van der Waals surface area contributed by atoms with Crippen LogP contribution in [0.5, 0.6) is 11.5 Å². The lowest BCUT2D eigenvalue weighted by Gasteiger charge is -2.18. The maximum absolute atomic E-state index is 13.1. The first-order chi connectivity index (χ1) is 16.8. The normalized spacial score (nSPS) is 10.9. The van der Waals surface area contributed by atoms with Crippen LogP contribution in [0.4, 0.5) is 11.4 Å². The van der Waals surface area contributed by atoms with Crippen molar-refractivity contribution in [3.8, 4) is 11.5 Å². The Bertz CT molecular complexity index is 1310. The number of carbonyl (C=O) groups excluding carboxylic acids is 2. The summed E-state index contributed by atoms with van der Waals surface area (Å²) in [6, 6.07) is 17.9. The third-order valence-electron chi connectivity index (χ3n) is 5.06. The highest BCUT2D eigenvalue weighted by molar-refractivity contribution is 7.91. The van der Waals surface area contributed by atoms with Crippen LogP contribution in [0.15, 0.2) is 71.6 Å². The molecule has 0 aliphatic carbocycles. The molecule has 0 saturated carbocycles. The van der Waals surface area contributed by atoms with Crippen LogP contribution in [-0.2, 0) is 9.84 Å². The molecule has 0 heterocycles. The van der Waals surface area contributed by atoms with Gasteiger partial charge in [-0.25, -0.2) is 8.42 Å². The minimum absolute atomic E-state index is 0.0243. The Morgan fingerprint density at radius 1 is 0.743 bits per heavy atom. The second kappa shape index (κ2) is 11.5. The van der Waals surface area contributed by atoms with Gasteiger partial charge in [0.25, 0.3) is 11.8 Å². The second-order valence-electron chi connectivity index (χ2n) is 7.38. The number of amides is 2. The molecule has 35 heavy (non-hydrogen) atoms. The fourth-order valence-corrected chi connectivity index (χ4v) is 4.45. The lowest BCUT2D eigenvalue weighted by Crippen LogP contribution is -2.18. The molecule has 0 atom stereocenters. The fraction of sp³-hybridized carbons (Fsp3) is 0.231. The van der Waals surface area contributed by atoms with Gasteiger partial charge < -0.3 is 20.1 Å². The summed E-state index contributed by atoms with van der Waals surface area (Å²) >= 11 is 0. The van der Waals surface area contributed by atoms with Gasteiger partial charge in [0.15, 0.2) is 9.84 Å². The summed E-state index contributed by atoms with van der Waals surface area (Å²) in [6.07, 6.45) is 0. The molecule has 0 fully saturated rings. The van der Waals surface area contributed by atoms with E-state index in [9.17, 15) is 18.0 Å². The Hall–Kier alpha value is -3.85. The van der Waals surface area contributed by atoms with E-state index in [0.717, 1.165) is 0 Å². The molecule has 0 bridgehead atoms. The van der Waals surface area contributed by atoms with Crippen LogP contribution in [0.3, 0.4) is 0 Å². The van der Waals surface area contributed by atoms with Crippen LogP contribution >= 0.6 is 0 Å². The topological polar surface area (TPSA) is 111 Å². The highest BCUT2D eigenvalue weighted by atomic mass is 32.2. The Labute approximate surface area is 205 Å². The van der Waals surface area contributed by atoms with Gasteiger partial charge >= 0.3 is 0 Å². The van der Waals surface area contributed by atoms with Crippen LogP contribution in [0, 0.1) is 0 Å². The van der Waals surface area contributed by atoms with Gasteiger partial charge in [-0.1, -0.05) is 37.3 Å². The first-order valence-electron chi connectivity index (χ1n) is 11.2. The smallest absolute Gasteiger partial charge is 0.257 e. The molecule has 3 aromatic rings. The molecule has 2 amide bonds. The third kappa shape index (κ3) is 6.19. The lowest BCUT2D eigenvalue weighted by atomic mass is 10.1. The molecule has 3 aromatic carbocycles. The summed E-state index contributed by atoms with van der Waals surface area (Å²) in [7, 11) is -3.61. The number of rotatable bonds is 10. The number of carbonyl (C=O) groups is 2. The van der Waals surface area contributed by atoms with E-state index in [1.807, 2.05) is 6.07 Å². The van der Waals surface area contributed by atoms with Crippen molar-refractivity contribution in [2.45, 2.75) is 25.7 Å². The number of hydrogen-bond donors (Lipinski definition) is 2. The highest BCUT2D eigenvalue weighted by Gasteiger charge is 2.22. The number of benzene rings is 3. The van der Waals surface area contributed by atoms with E-state index in [1.165, 1.54) is 19.1 Å². The Morgan fingerprint density at radius 3 is 1.80 bits per heavy atom. The van der Waals surface area contributed by atoms with Crippen molar-refractivity contribution in [1.82, 2.24) is 0 Å². The molecule has 2 N–H and O–H groups in total. The van der Waals surface area contributed by atoms with Gasteiger partial charge in [0.1, 0.15) is 11.5 Å². The van der Waals surface area contributed by atoms with Crippen molar-refractivity contribution in [2.24, 2.45) is 0 Å². The SMILES string of the molecule is CCOc1cc(NC(=O)c2ccccc2S(=O)(=O)CC)c(OCC)cc1NC(=O)c1ccccc1. The van der Waals surface area contributed by atoms with E-state index in [-0.39, 0.29) is 27.8 Å². The number of sulfone groups is 1. The molecule has 0 aliphatic heterocycles. The maximum Gasteiger partial charge on any atom is 0.257 e. The van der Waals surface area contributed by atoms with Crippen molar-refractivity contribution < 1.29 is 27.5 Å². The van der Waals surface area contributed by atoms with Crippen LogP contribution in [0.2, 0.25) is 0 Å². The molecule has 0 unspecified atom stereocenters. The monoisotopic (exact) mass is 496 g/mol. The molecule has 0 aromatic heterocycles. The van der Waals surface area contributed by atoms with E-state index in [4.69, 9.17) is 9.47 Å². The molecule has 9 heteroatoms. The van der Waals surface area contributed by atoms with E-state index in [1.54, 1.807) is 62.4 Å². The van der Waals surface area contributed by atoms with Crippen molar-refractivity contribution >= 4 is 33.0 Å². The average Bonchev–Trinajstić information content (AvgIpc) is 2.87. The van der Waals surface area contributed by atoms with Crippen LogP contribution in [0.25, 0.3) is 0 Å². The number of anilines is 2. The molecular weight excluding hydrogens is 468 g/mol. The standard InChI is InChI=1S/C26H28N2O6S/c1-4-33-22-17-21(28-26(30)19-14-10-11-15-24(19)35(31,32)6-3)23(34-5-2)16-20(22)27-25(29)18-12-8-7-9-13-18/h7-17H,4-6H2,1-3H3,(H,27,29)(H,28,30). The van der Waals surface area contributed by atoms with Crippen molar-refractivity contribution in [2.75, 3.05) is 29.6 Å². The maximum atomic E-state index is 13.1. The van der Waals surface area contributed by atoms with Crippen LogP contribution < -0.4 is 20.1 Å². The molecule has 0 aliphatic rings. The Morgan fingerprint density at radius 2 is 1.26 bits per heavy atom. The Kier molecular flexibility index (Phi) is 8.48. The van der Waals surface area contributed by atoms with Crippen molar-refractivity contribution in [3.05, 3.63) is 77.9 Å². The largest absolute Gasteiger partial charge is 0.492 e. The summed E-state index contributed by atoms with van der Waals surface area (Å²) in [5, 5.41) is 5.56. The molecule has 3 rings (SSSR count). The third-order valence-corrected chi connectivity index (χ3v) is 6.85. The molecule has 8 nitrogen and oxygen atoms in total. The Balaban J connectivity index is 1.99. The summed E-state index contributed by atoms with van der Waals surface area (Å²) in [5.41, 5.74) is 1.15. The summed E-state index contributed by atoms with van der Waals surface area (Å²) in [6.45, 7) is 5.71. The summed E-state index contributed by atoms with van der Waals surface area (Å²) in [4.78, 5) is 25.8. The molecule has 184 valence electrons. The van der Waals surface area contributed by atoms with Crippen molar-refractivity contribution in [1.29, 1.82) is 0 Å². The highest BCUT2D eigenvalue weighted by Crippen LogP contribution is 2.37. The average molecular weight is 497 g/mol. The first-order valence-corrected chi connectivity index (χ1v) is 12.9. The van der Waals surface area contributed by atoms with Gasteiger partial charge in [0.2, 0.25) is 0 Å². The predicted octanol–water partition coefficient (Wildman–Crippen LogP) is 4.78. The van der Waals surface area contributed by atoms with Gasteiger partial charge in [-0.2, -0.15) is 0 Å². The van der Waals surface area contributed by atoms with Crippen LogP contribution in [0.1, 0.15) is 41.5 Å². The first kappa shape index (κ1) is 25.8. The van der Waals surface area contributed by atoms with Gasteiger partial charge in [-0.3, -0.25) is 9.59 Å². The molecule has 0 saturated heterocycles. The van der Waals surface area contributed by atoms with Gasteiger partial charge in [0, 0.05) is 17.7 Å². The molecular formula is C26H28N2O6S. The van der Waals surface area contributed by atoms with E-state index < -0.39 is 15.7 Å². The van der Waals surface area contributed by atoms with E-state index in [2.05, 4.69) is 10.6 Å². The number of ether oxygens (including phenoxy) is 2. The lowest BCUT2D eigenvalue weighted by molar-refractivity contribution is 0.101. The van der Waals surface area contributed by atoms with Gasteiger partial charge in [-0.05, 0) is 38.1 Å². The van der Waals surface area contributed by atoms with E-state index in [0.29, 0.717) is 36.0 Å². The van der Waals surface area contributed by atoms with Gasteiger partial charge in [0.05, 0.1) is 40.8 Å². The zero-order valence-electron chi connectivity index (χ0n) is 19.8. The molecule has 0 radical (unpaired) electrons. The van der Waals surface area contributed by atoms with E-state index >= 15 is 0 Å². The quantitative estimate of drug-likeness (QED) is 0.418. The van der Waals surface area contributed by atoms with Gasteiger partial charge in [-0.15, -0.1) is 0 Å². The van der Waals surface area contributed by atoms with Crippen LogP contribution in [-0.4, -0.2) is 39.2 Å². The summed E-state index contributed by atoms with van der Waals surface area (Å²) in [5.74, 6) is -0.453. The molecule has 0 spiro atoms. The number of nitrogens with one attached hydrogen (secondary N) is 2. The predicted molar refractivity (Wildman–Crippen MR) is 135 cm³/mol. The fourth-order valence-electron chi connectivity index (χ4n) is 3.36. The minimum atomic E-state index is -3.61. The minimum Gasteiger partial charge on any atom is -0.492 e. The number of hydrogen-bond acceptors (Lipinski definition) is 6. The second-order valence-corrected chi connectivity index (χ2v) is 9.63. The summed E-state index contributed by atoms with van der Waals surface area (Å²) < 4.78 is 36.4. The zero-order chi connectivity index (χ0) is 25.4. The van der Waals surface area contributed by atoms with Crippen molar-refractivity contribution in [3.63, 3.8) is 0 Å².